The van der Waals surface area contributed by atoms with Gasteiger partial charge in [0.2, 0.25) is 15.9 Å². The lowest BCUT2D eigenvalue weighted by Crippen LogP contribution is -2.57. The first kappa shape index (κ1) is 29.1. The normalized spacial score (nSPS) is 29.1. The second-order valence-corrected chi connectivity index (χ2v) is 13.3. The summed E-state index contributed by atoms with van der Waals surface area (Å²) in [6.07, 6.45) is 3.67. The zero-order chi connectivity index (χ0) is 28.4. The van der Waals surface area contributed by atoms with Crippen LogP contribution in [0.1, 0.15) is 49.1 Å². The molecule has 5 unspecified atom stereocenters. The van der Waals surface area contributed by atoms with Crippen LogP contribution in [0.15, 0.2) is 42.5 Å². The maximum atomic E-state index is 15.1. The summed E-state index contributed by atoms with van der Waals surface area (Å²) in [6, 6.07) is 9.42. The van der Waals surface area contributed by atoms with Gasteiger partial charge in [0.05, 0.1) is 17.9 Å². The quantitative estimate of drug-likeness (QED) is 0.423. The summed E-state index contributed by atoms with van der Waals surface area (Å²) in [5.41, 5.74) is 7.94. The van der Waals surface area contributed by atoms with Crippen LogP contribution >= 0.6 is 0 Å². The van der Waals surface area contributed by atoms with Crippen molar-refractivity contribution in [3.63, 3.8) is 0 Å². The van der Waals surface area contributed by atoms with E-state index in [4.69, 9.17) is 10.5 Å². The maximum Gasteiger partial charge on any atom is 0.241 e. The van der Waals surface area contributed by atoms with Gasteiger partial charge in [-0.15, -0.1) is 0 Å². The Labute approximate surface area is 234 Å². The molecule has 2 aromatic carbocycles. The van der Waals surface area contributed by atoms with E-state index >= 15 is 4.39 Å². The number of amides is 1. The number of sulfonamides is 1. The van der Waals surface area contributed by atoms with E-state index in [0.29, 0.717) is 37.2 Å². The monoisotopic (exact) mass is 576 g/mol. The molecule has 2 bridgehead atoms. The minimum Gasteiger partial charge on any atom is -0.381 e. The Balaban J connectivity index is 1.31. The second kappa shape index (κ2) is 12.2. The standard InChI is InChI=1S/C29H38F2N4O4S/c1-39-23-14-19(15-23)27(18-7-9-20(30)10-8-18)28(32)29(36)34-26-6-2-5-25(31)24(26)12-11-22-16-33-21-4-3-13-40(37,38)35(22)17-21/h2,5-10,19,21-23,27-28,33H,3-4,11-17,32H2,1H3,(H,34,36). The number of nitrogens with zero attached hydrogens (tertiary/aromatic N) is 1. The molecule has 2 heterocycles. The van der Waals surface area contributed by atoms with Crippen molar-refractivity contribution in [2.24, 2.45) is 11.7 Å². The van der Waals surface area contributed by atoms with Gasteiger partial charge in [0.15, 0.2) is 0 Å². The molecule has 1 aliphatic carbocycles. The van der Waals surface area contributed by atoms with E-state index < -0.39 is 27.8 Å². The molecule has 1 saturated carbocycles. The van der Waals surface area contributed by atoms with Crippen molar-refractivity contribution in [2.75, 3.05) is 31.3 Å². The number of piperazine rings is 1. The number of ether oxygens (including phenoxy) is 1. The minimum atomic E-state index is -3.36. The van der Waals surface area contributed by atoms with E-state index in [9.17, 15) is 17.6 Å². The van der Waals surface area contributed by atoms with E-state index in [-0.39, 0.29) is 48.0 Å². The van der Waals surface area contributed by atoms with E-state index in [2.05, 4.69) is 10.6 Å². The number of methoxy groups -OCH3 is 1. The van der Waals surface area contributed by atoms with Gasteiger partial charge in [-0.25, -0.2) is 17.2 Å². The molecule has 5 rings (SSSR count). The molecule has 4 N–H and O–H groups in total. The van der Waals surface area contributed by atoms with Crippen LogP contribution in [0.2, 0.25) is 0 Å². The van der Waals surface area contributed by atoms with Crippen LogP contribution in [0, 0.1) is 17.6 Å². The number of benzene rings is 2. The zero-order valence-electron chi connectivity index (χ0n) is 22.7. The topological polar surface area (TPSA) is 114 Å². The van der Waals surface area contributed by atoms with Crippen molar-refractivity contribution >= 4 is 21.6 Å². The number of hydrogen-bond donors (Lipinski definition) is 3. The molecule has 40 heavy (non-hydrogen) atoms. The van der Waals surface area contributed by atoms with Gasteiger partial charge in [-0.05, 0) is 74.3 Å². The fourth-order valence-corrected chi connectivity index (χ4v) is 8.22. The largest absolute Gasteiger partial charge is 0.381 e. The Bertz CT molecular complexity index is 1300. The average molecular weight is 577 g/mol. The first-order valence-electron chi connectivity index (χ1n) is 14.0. The molecular weight excluding hydrogens is 538 g/mol. The third-order valence-corrected chi connectivity index (χ3v) is 10.7. The Kier molecular flexibility index (Phi) is 8.86. The smallest absolute Gasteiger partial charge is 0.241 e. The Morgan fingerprint density at radius 2 is 1.95 bits per heavy atom. The van der Waals surface area contributed by atoms with Crippen molar-refractivity contribution in [2.45, 2.75) is 68.7 Å². The van der Waals surface area contributed by atoms with E-state index in [1.807, 2.05) is 0 Å². The van der Waals surface area contributed by atoms with Gasteiger partial charge in [-0.2, -0.15) is 4.31 Å². The molecule has 2 aromatic rings. The zero-order valence-corrected chi connectivity index (χ0v) is 23.5. The van der Waals surface area contributed by atoms with E-state index in [1.54, 1.807) is 29.6 Å². The van der Waals surface area contributed by atoms with E-state index in [0.717, 1.165) is 24.8 Å². The molecular formula is C29H38F2N4O4S. The van der Waals surface area contributed by atoms with Crippen LogP contribution in [0.25, 0.3) is 0 Å². The Morgan fingerprint density at radius 1 is 1.20 bits per heavy atom. The molecule has 2 saturated heterocycles. The van der Waals surface area contributed by atoms with E-state index in [1.165, 1.54) is 24.3 Å². The number of fused-ring (bicyclic) bond motifs is 2. The summed E-state index contributed by atoms with van der Waals surface area (Å²) in [4.78, 5) is 13.5. The summed E-state index contributed by atoms with van der Waals surface area (Å²) in [7, 11) is -1.72. The molecule has 218 valence electrons. The number of anilines is 1. The molecule has 3 aliphatic rings. The summed E-state index contributed by atoms with van der Waals surface area (Å²) < 4.78 is 61.4. The van der Waals surface area contributed by atoms with Crippen molar-refractivity contribution in [1.82, 2.24) is 9.62 Å². The highest BCUT2D eigenvalue weighted by atomic mass is 32.2. The molecule has 0 spiro atoms. The molecule has 11 heteroatoms. The van der Waals surface area contributed by atoms with Crippen LogP contribution in [-0.2, 0) is 26.0 Å². The van der Waals surface area contributed by atoms with Crippen LogP contribution in [0.3, 0.4) is 0 Å². The summed E-state index contributed by atoms with van der Waals surface area (Å²) in [5, 5.41) is 6.27. The van der Waals surface area contributed by atoms with Gasteiger partial charge < -0.3 is 21.1 Å². The fourth-order valence-electron chi connectivity index (χ4n) is 6.41. The minimum absolute atomic E-state index is 0.0846. The Hall–Kier alpha value is -2.44. The highest BCUT2D eigenvalue weighted by molar-refractivity contribution is 7.89. The highest BCUT2D eigenvalue weighted by Gasteiger charge is 2.41. The van der Waals surface area contributed by atoms with Crippen LogP contribution < -0.4 is 16.4 Å². The van der Waals surface area contributed by atoms with Crippen LogP contribution in [0.5, 0.6) is 0 Å². The fraction of sp³-hybridized carbons (Fsp3) is 0.552. The van der Waals surface area contributed by atoms with Crippen LogP contribution in [0.4, 0.5) is 14.5 Å². The van der Waals surface area contributed by atoms with Crippen molar-refractivity contribution in [1.29, 1.82) is 0 Å². The van der Waals surface area contributed by atoms with Gasteiger partial charge in [-0.1, -0.05) is 18.2 Å². The molecule has 0 radical (unpaired) electrons. The first-order chi connectivity index (χ1) is 19.2. The second-order valence-electron chi connectivity index (χ2n) is 11.3. The molecule has 2 aliphatic heterocycles. The number of carbonyl (C=O) groups excluding carboxylic acids is 1. The molecule has 8 nitrogen and oxygen atoms in total. The number of halogens is 2. The van der Waals surface area contributed by atoms with Gasteiger partial charge >= 0.3 is 0 Å². The lowest BCUT2D eigenvalue weighted by molar-refractivity contribution is -0.119. The van der Waals surface area contributed by atoms with Crippen molar-refractivity contribution in [3.05, 3.63) is 65.2 Å². The van der Waals surface area contributed by atoms with Crippen molar-refractivity contribution in [3.8, 4) is 0 Å². The van der Waals surface area contributed by atoms with Gasteiger partial charge in [0.1, 0.15) is 11.6 Å². The van der Waals surface area contributed by atoms with Crippen molar-refractivity contribution < 1.29 is 26.7 Å². The SMILES string of the molecule is COC1CC(C(c2ccc(F)cc2)C(N)C(=O)Nc2cccc(F)c2CCC2CNC3CCCS(=O)(=O)N2C3)C1. The third kappa shape index (κ3) is 6.23. The Morgan fingerprint density at radius 3 is 2.67 bits per heavy atom. The number of carbonyl (C=O) groups is 1. The van der Waals surface area contributed by atoms with Gasteiger partial charge in [0.25, 0.3) is 0 Å². The number of hydrogen-bond acceptors (Lipinski definition) is 6. The predicted molar refractivity (Wildman–Crippen MR) is 149 cm³/mol. The molecule has 3 fully saturated rings. The van der Waals surface area contributed by atoms with Gasteiger partial charge in [0, 0.05) is 49.5 Å². The highest BCUT2D eigenvalue weighted by Crippen LogP contribution is 2.42. The number of nitrogens with one attached hydrogen (secondary N) is 2. The molecule has 1 amide bonds. The third-order valence-electron chi connectivity index (χ3n) is 8.78. The lowest BCUT2D eigenvalue weighted by atomic mass is 9.68. The molecule has 5 atom stereocenters. The maximum absolute atomic E-state index is 15.1. The van der Waals surface area contributed by atoms with Crippen LogP contribution in [-0.4, -0.2) is 68.8 Å². The average Bonchev–Trinajstić information content (AvgIpc) is 3.02. The molecule has 0 aromatic heterocycles. The van der Waals surface area contributed by atoms with Gasteiger partial charge in [-0.3, -0.25) is 4.79 Å². The summed E-state index contributed by atoms with van der Waals surface area (Å²) >= 11 is 0. The lowest BCUT2D eigenvalue weighted by Gasteiger charge is -2.41. The summed E-state index contributed by atoms with van der Waals surface area (Å²) in [5.74, 6) is -1.45. The first-order valence-corrected chi connectivity index (χ1v) is 15.6. The summed E-state index contributed by atoms with van der Waals surface area (Å²) in [6.45, 7) is 0.937. The predicted octanol–water partition coefficient (Wildman–Crippen LogP) is 3.14. The number of nitrogens with two attached hydrogens (primary N) is 1. The number of rotatable bonds is 9.